The number of benzene rings is 1. The number of nitrogens with zero attached hydrogens (tertiary/aromatic N) is 5. The molecular weight excluding hydrogens is 514 g/mol. The summed E-state index contributed by atoms with van der Waals surface area (Å²) in [5.41, 5.74) is 7.53. The summed E-state index contributed by atoms with van der Waals surface area (Å²) in [4.78, 5) is 41.2. The van der Waals surface area contributed by atoms with E-state index in [0.29, 0.717) is 39.4 Å². The Hall–Kier alpha value is -3.73. The van der Waals surface area contributed by atoms with E-state index in [1.807, 2.05) is 29.7 Å². The number of hydrogen-bond acceptors (Lipinski definition) is 7. The number of rotatable bonds is 5. The molecule has 0 spiro atoms. The van der Waals surface area contributed by atoms with Gasteiger partial charge >= 0.3 is 0 Å². The molecule has 4 aromatic rings. The summed E-state index contributed by atoms with van der Waals surface area (Å²) in [7, 11) is 1.59. The number of carbonyl (C=O) groups excluding carboxylic acids is 2. The molecule has 0 unspecified atom stereocenters. The van der Waals surface area contributed by atoms with Crippen LogP contribution >= 0.6 is 15.9 Å². The summed E-state index contributed by atoms with van der Waals surface area (Å²) in [6.07, 6.45) is 2.69. The standard InChI is InChI=1S/C24H24BrN7O3/c1-13-6-8-17(24(34)30-19-5-3-4-18(25)29-19)32(13)20(33)11-31-16-9-7-14(35-2)10-15(16)21-22(26)27-12-28-23(21)31/h3-5,7,9-10,12-13,17H,6,8,11H2,1-2H3,(H2,26,27,28)(H,29,30,34)/t13-,17+/m1/s1. The van der Waals surface area contributed by atoms with Crippen molar-refractivity contribution in [3.05, 3.63) is 47.3 Å². The van der Waals surface area contributed by atoms with Crippen molar-refractivity contribution >= 4 is 61.3 Å². The second kappa shape index (κ2) is 9.14. The van der Waals surface area contributed by atoms with E-state index in [1.165, 1.54) is 6.33 Å². The lowest BCUT2D eigenvalue weighted by molar-refractivity contribution is -0.138. The van der Waals surface area contributed by atoms with Crippen molar-refractivity contribution < 1.29 is 14.3 Å². The van der Waals surface area contributed by atoms with Gasteiger partial charge in [-0.25, -0.2) is 15.0 Å². The zero-order valence-corrected chi connectivity index (χ0v) is 20.8. The van der Waals surface area contributed by atoms with E-state index in [1.54, 1.807) is 30.2 Å². The highest BCUT2D eigenvalue weighted by Crippen LogP contribution is 2.34. The van der Waals surface area contributed by atoms with Gasteiger partial charge in [0.15, 0.2) is 0 Å². The Morgan fingerprint density at radius 2 is 2.06 bits per heavy atom. The van der Waals surface area contributed by atoms with Crippen LogP contribution in [0.25, 0.3) is 21.9 Å². The maximum Gasteiger partial charge on any atom is 0.248 e. The maximum atomic E-state index is 13.6. The first-order valence-corrected chi connectivity index (χ1v) is 12.0. The summed E-state index contributed by atoms with van der Waals surface area (Å²) in [5.74, 6) is 0.987. The number of anilines is 2. The van der Waals surface area contributed by atoms with Gasteiger partial charge in [0.1, 0.15) is 46.5 Å². The quantitative estimate of drug-likeness (QED) is 0.373. The van der Waals surface area contributed by atoms with Crippen molar-refractivity contribution in [1.82, 2.24) is 24.4 Å². The third-order valence-corrected chi connectivity index (χ3v) is 6.84. The third-order valence-electron chi connectivity index (χ3n) is 6.40. The zero-order valence-electron chi connectivity index (χ0n) is 19.2. The van der Waals surface area contributed by atoms with E-state index in [0.717, 1.165) is 17.3 Å². The number of aromatic nitrogens is 4. The van der Waals surface area contributed by atoms with Gasteiger partial charge in [-0.1, -0.05) is 6.07 Å². The first kappa shape index (κ1) is 23.0. The molecule has 1 aliphatic heterocycles. The minimum atomic E-state index is -0.592. The van der Waals surface area contributed by atoms with E-state index in [-0.39, 0.29) is 24.4 Å². The Balaban J connectivity index is 1.47. The summed E-state index contributed by atoms with van der Waals surface area (Å²) >= 11 is 3.31. The largest absolute Gasteiger partial charge is 0.497 e. The van der Waals surface area contributed by atoms with E-state index in [2.05, 4.69) is 36.2 Å². The number of hydrogen-bond donors (Lipinski definition) is 2. The van der Waals surface area contributed by atoms with Gasteiger partial charge in [-0.3, -0.25) is 9.59 Å². The maximum absolute atomic E-state index is 13.6. The number of ether oxygens (including phenoxy) is 1. The third kappa shape index (κ3) is 4.16. The number of nitrogens with one attached hydrogen (secondary N) is 1. The van der Waals surface area contributed by atoms with Crippen LogP contribution in [0.1, 0.15) is 19.8 Å². The number of halogens is 1. The number of amides is 2. The lowest BCUT2D eigenvalue weighted by atomic mass is 10.2. The molecule has 3 N–H and O–H groups in total. The topological polar surface area (TPSA) is 128 Å². The molecule has 10 nitrogen and oxygen atoms in total. The number of fused-ring (bicyclic) bond motifs is 3. The second-order valence-corrected chi connectivity index (χ2v) is 9.32. The smallest absolute Gasteiger partial charge is 0.248 e. The predicted octanol–water partition coefficient (Wildman–Crippen LogP) is 3.35. The summed E-state index contributed by atoms with van der Waals surface area (Å²) in [5, 5.41) is 4.30. The van der Waals surface area contributed by atoms with Gasteiger partial charge in [0.05, 0.1) is 18.0 Å². The number of likely N-dealkylation sites (tertiary alicyclic amines) is 1. The van der Waals surface area contributed by atoms with Gasteiger partial charge in [-0.15, -0.1) is 0 Å². The molecule has 5 rings (SSSR count). The predicted molar refractivity (Wildman–Crippen MR) is 136 cm³/mol. The van der Waals surface area contributed by atoms with Crippen LogP contribution in [0.3, 0.4) is 0 Å². The lowest BCUT2D eigenvalue weighted by Crippen LogP contribution is -2.47. The van der Waals surface area contributed by atoms with Crippen molar-refractivity contribution in [2.75, 3.05) is 18.2 Å². The highest BCUT2D eigenvalue weighted by molar-refractivity contribution is 9.10. The van der Waals surface area contributed by atoms with E-state index in [4.69, 9.17) is 10.5 Å². The highest BCUT2D eigenvalue weighted by Gasteiger charge is 2.39. The van der Waals surface area contributed by atoms with Crippen LogP contribution in [-0.2, 0) is 16.1 Å². The molecule has 2 atom stereocenters. The molecule has 0 bridgehead atoms. The molecule has 1 aromatic carbocycles. The molecule has 0 radical (unpaired) electrons. The van der Waals surface area contributed by atoms with Gasteiger partial charge < -0.3 is 25.3 Å². The molecule has 1 saturated heterocycles. The Morgan fingerprint density at radius 1 is 1.23 bits per heavy atom. The van der Waals surface area contributed by atoms with Crippen LogP contribution < -0.4 is 15.8 Å². The van der Waals surface area contributed by atoms with Gasteiger partial charge in [0, 0.05) is 11.4 Å². The van der Waals surface area contributed by atoms with Gasteiger partial charge in [-0.05, 0) is 66.0 Å². The Morgan fingerprint density at radius 3 is 2.83 bits per heavy atom. The van der Waals surface area contributed by atoms with E-state index < -0.39 is 6.04 Å². The number of methoxy groups -OCH3 is 1. The Labute approximate surface area is 209 Å². The van der Waals surface area contributed by atoms with Crippen molar-refractivity contribution in [1.29, 1.82) is 0 Å². The highest BCUT2D eigenvalue weighted by atomic mass is 79.9. The average Bonchev–Trinajstić information content (AvgIpc) is 3.37. The summed E-state index contributed by atoms with van der Waals surface area (Å²) in [6, 6.07) is 10.2. The first-order valence-electron chi connectivity index (χ1n) is 11.2. The van der Waals surface area contributed by atoms with Crippen LogP contribution in [0.5, 0.6) is 5.75 Å². The second-order valence-electron chi connectivity index (χ2n) is 8.50. The van der Waals surface area contributed by atoms with Crippen LogP contribution in [0.15, 0.2) is 47.3 Å². The van der Waals surface area contributed by atoms with Crippen LogP contribution in [-0.4, -0.2) is 55.4 Å². The Kier molecular flexibility index (Phi) is 6.01. The van der Waals surface area contributed by atoms with Crippen LogP contribution in [0.4, 0.5) is 11.6 Å². The number of nitrogens with two attached hydrogens (primary N) is 1. The van der Waals surface area contributed by atoms with Gasteiger partial charge in [-0.2, -0.15) is 0 Å². The molecular formula is C24H24BrN7O3. The first-order chi connectivity index (χ1) is 16.9. The molecule has 3 aromatic heterocycles. The monoisotopic (exact) mass is 537 g/mol. The number of carbonyl (C=O) groups is 2. The zero-order chi connectivity index (χ0) is 24.7. The van der Waals surface area contributed by atoms with Gasteiger partial charge in [0.2, 0.25) is 11.8 Å². The molecule has 35 heavy (non-hydrogen) atoms. The summed E-state index contributed by atoms with van der Waals surface area (Å²) in [6.45, 7) is 1.96. The van der Waals surface area contributed by atoms with E-state index in [9.17, 15) is 9.59 Å². The molecule has 1 fully saturated rings. The molecule has 180 valence electrons. The van der Waals surface area contributed by atoms with E-state index >= 15 is 0 Å². The fourth-order valence-corrected chi connectivity index (χ4v) is 5.11. The van der Waals surface area contributed by atoms with Crippen molar-refractivity contribution in [2.24, 2.45) is 0 Å². The van der Waals surface area contributed by atoms with Crippen molar-refractivity contribution in [3.8, 4) is 5.75 Å². The average molecular weight is 538 g/mol. The molecule has 4 heterocycles. The molecule has 11 heteroatoms. The number of nitrogen functional groups attached to an aromatic ring is 1. The van der Waals surface area contributed by atoms with Crippen LogP contribution in [0, 0.1) is 0 Å². The fraction of sp³-hybridized carbons (Fsp3) is 0.292. The van der Waals surface area contributed by atoms with Gasteiger partial charge in [0.25, 0.3) is 0 Å². The van der Waals surface area contributed by atoms with Crippen molar-refractivity contribution in [2.45, 2.75) is 38.4 Å². The molecule has 0 aliphatic carbocycles. The minimum Gasteiger partial charge on any atom is -0.497 e. The normalized spacial score (nSPS) is 17.7. The molecule has 1 aliphatic rings. The minimum absolute atomic E-state index is 0.00599. The van der Waals surface area contributed by atoms with Crippen molar-refractivity contribution in [3.63, 3.8) is 0 Å². The summed E-state index contributed by atoms with van der Waals surface area (Å²) < 4.78 is 7.81. The lowest BCUT2D eigenvalue weighted by Gasteiger charge is -2.28. The SMILES string of the molecule is COc1ccc2c(c1)c1c(N)ncnc1n2CC(=O)N1[C@H](C)CC[C@H]1C(=O)Nc1cccc(Br)n1. The fourth-order valence-electron chi connectivity index (χ4n) is 4.77. The number of pyridine rings is 1. The molecule has 2 amide bonds. The Bertz CT molecular complexity index is 1450. The van der Waals surface area contributed by atoms with Crippen LogP contribution in [0.2, 0.25) is 0 Å². The molecule has 0 saturated carbocycles.